The Morgan fingerprint density at radius 1 is 1.30 bits per heavy atom. The molecule has 0 fully saturated rings. The van der Waals surface area contributed by atoms with Gasteiger partial charge in [-0.15, -0.1) is 5.48 Å². The van der Waals surface area contributed by atoms with Crippen LogP contribution in [0.2, 0.25) is 0 Å². The zero-order valence-corrected chi connectivity index (χ0v) is 10.1. The molecule has 0 amide bonds. The molecule has 0 radical (unpaired) electrons. The van der Waals surface area contributed by atoms with E-state index < -0.39 is 12.1 Å². The quantitative estimate of drug-likeness (QED) is 0.873. The van der Waals surface area contributed by atoms with Gasteiger partial charge in [-0.1, -0.05) is 18.2 Å². The third-order valence-corrected chi connectivity index (χ3v) is 2.40. The van der Waals surface area contributed by atoms with Gasteiger partial charge in [0.25, 0.3) is 0 Å². The summed E-state index contributed by atoms with van der Waals surface area (Å²) in [5.41, 5.74) is 3.30. The number of para-hydroxylation sites is 1. The van der Waals surface area contributed by atoms with Crippen molar-refractivity contribution in [2.24, 2.45) is 0 Å². The number of hydrogen-bond acceptors (Lipinski definition) is 4. The molecule has 0 unspecified atom stereocenters. The first-order chi connectivity index (χ1) is 9.48. The summed E-state index contributed by atoms with van der Waals surface area (Å²) >= 11 is 0. The van der Waals surface area contributed by atoms with Gasteiger partial charge in [0.1, 0.15) is 0 Å². The van der Waals surface area contributed by atoms with Gasteiger partial charge >= 0.3 is 12.1 Å². The van der Waals surface area contributed by atoms with Crippen LogP contribution in [-0.2, 0) is 16.2 Å². The molecule has 1 N–H and O–H groups in total. The number of nitrogens with zero attached hydrogens (tertiary/aromatic N) is 2. The van der Waals surface area contributed by atoms with Crippen LogP contribution in [0.15, 0.2) is 42.7 Å². The molecular weight excluding hydrogens is 275 g/mol. The lowest BCUT2D eigenvalue weighted by atomic mass is 10.2. The summed E-state index contributed by atoms with van der Waals surface area (Å²) in [7, 11) is 0. The Hall–Kier alpha value is -2.35. The van der Waals surface area contributed by atoms with Crippen LogP contribution in [-0.4, -0.2) is 21.9 Å². The average Bonchev–Trinajstić information content (AvgIpc) is 2.92. The van der Waals surface area contributed by atoms with Crippen molar-refractivity contribution >= 4 is 5.97 Å². The Morgan fingerprint density at radius 3 is 2.70 bits per heavy atom. The summed E-state index contributed by atoms with van der Waals surface area (Å²) in [6, 6.07) is 8.63. The number of hydrogen-bond donors (Lipinski definition) is 1. The average molecular weight is 285 g/mol. The van der Waals surface area contributed by atoms with Crippen molar-refractivity contribution in [1.29, 1.82) is 0 Å². The van der Waals surface area contributed by atoms with Gasteiger partial charge in [0.15, 0.2) is 0 Å². The number of hydroxylamine groups is 1. The van der Waals surface area contributed by atoms with Crippen molar-refractivity contribution in [3.8, 4) is 5.69 Å². The van der Waals surface area contributed by atoms with Crippen molar-refractivity contribution in [2.75, 3.05) is 0 Å². The standard InChI is InChI=1S/C12H10F3N3O2/c13-12(14,15)11(19)20-17-8-9-4-1-2-5-10(9)18-7-3-6-16-18/h1-7,17H,8H2. The van der Waals surface area contributed by atoms with Crippen LogP contribution in [0.25, 0.3) is 5.69 Å². The minimum Gasteiger partial charge on any atom is -0.363 e. The molecule has 0 aliphatic carbocycles. The Bertz CT molecular complexity index is 582. The van der Waals surface area contributed by atoms with Crippen molar-refractivity contribution in [3.63, 3.8) is 0 Å². The number of carbonyl (C=O) groups is 1. The van der Waals surface area contributed by atoms with E-state index in [9.17, 15) is 18.0 Å². The van der Waals surface area contributed by atoms with Gasteiger partial charge in [-0.3, -0.25) is 0 Å². The zero-order chi connectivity index (χ0) is 14.6. The van der Waals surface area contributed by atoms with E-state index in [4.69, 9.17) is 0 Å². The largest absolute Gasteiger partial charge is 0.492 e. The molecule has 2 aromatic rings. The number of halogens is 3. The van der Waals surface area contributed by atoms with Crippen LogP contribution in [0.4, 0.5) is 13.2 Å². The van der Waals surface area contributed by atoms with Gasteiger partial charge in [0.05, 0.1) is 12.2 Å². The summed E-state index contributed by atoms with van der Waals surface area (Å²) in [4.78, 5) is 14.5. The second-order valence-corrected chi connectivity index (χ2v) is 3.79. The third-order valence-electron chi connectivity index (χ3n) is 2.40. The molecule has 1 aromatic heterocycles. The molecule has 5 nitrogen and oxygen atoms in total. The maximum Gasteiger partial charge on any atom is 0.492 e. The van der Waals surface area contributed by atoms with Gasteiger partial charge in [0.2, 0.25) is 0 Å². The fourth-order valence-electron chi connectivity index (χ4n) is 1.53. The van der Waals surface area contributed by atoms with Gasteiger partial charge in [-0.2, -0.15) is 18.3 Å². The van der Waals surface area contributed by atoms with Gasteiger partial charge in [-0.05, 0) is 17.7 Å². The lowest BCUT2D eigenvalue weighted by molar-refractivity contribution is -0.207. The highest BCUT2D eigenvalue weighted by Gasteiger charge is 2.41. The molecular formula is C12H10F3N3O2. The Balaban J connectivity index is 2.02. The van der Waals surface area contributed by atoms with Crippen LogP contribution < -0.4 is 5.48 Å². The van der Waals surface area contributed by atoms with E-state index in [1.807, 2.05) is 5.48 Å². The number of nitrogens with one attached hydrogen (secondary N) is 1. The van der Waals surface area contributed by atoms with E-state index in [0.29, 0.717) is 11.3 Å². The Kier molecular flexibility index (Phi) is 4.04. The number of aromatic nitrogens is 2. The van der Waals surface area contributed by atoms with Crippen molar-refractivity contribution in [1.82, 2.24) is 15.3 Å². The van der Waals surface area contributed by atoms with Crippen molar-refractivity contribution in [2.45, 2.75) is 12.7 Å². The van der Waals surface area contributed by atoms with Crippen LogP contribution in [0.3, 0.4) is 0 Å². The summed E-state index contributed by atoms with van der Waals surface area (Å²) in [5.74, 6) is -2.28. The van der Waals surface area contributed by atoms with Crippen molar-refractivity contribution in [3.05, 3.63) is 48.3 Å². The van der Waals surface area contributed by atoms with E-state index in [0.717, 1.165) is 0 Å². The maximum absolute atomic E-state index is 11.9. The highest BCUT2D eigenvalue weighted by Crippen LogP contribution is 2.16. The maximum atomic E-state index is 11.9. The molecule has 0 aliphatic heterocycles. The van der Waals surface area contributed by atoms with Crippen molar-refractivity contribution < 1.29 is 22.8 Å². The van der Waals surface area contributed by atoms with Crippen LogP contribution in [0.5, 0.6) is 0 Å². The lowest BCUT2D eigenvalue weighted by Crippen LogP contribution is -2.31. The molecule has 0 saturated heterocycles. The second kappa shape index (κ2) is 5.74. The van der Waals surface area contributed by atoms with E-state index >= 15 is 0 Å². The van der Waals surface area contributed by atoms with Crippen LogP contribution in [0.1, 0.15) is 5.56 Å². The summed E-state index contributed by atoms with van der Waals surface area (Å²) in [5, 5.41) is 4.03. The summed E-state index contributed by atoms with van der Waals surface area (Å²) in [6.07, 6.45) is -1.75. The highest BCUT2D eigenvalue weighted by molar-refractivity contribution is 5.75. The molecule has 0 atom stereocenters. The van der Waals surface area contributed by atoms with E-state index in [2.05, 4.69) is 9.94 Å². The summed E-state index contributed by atoms with van der Waals surface area (Å²) in [6.45, 7) is -0.0716. The SMILES string of the molecule is O=C(ONCc1ccccc1-n1cccn1)C(F)(F)F. The second-order valence-electron chi connectivity index (χ2n) is 3.79. The predicted octanol–water partition coefficient (Wildman–Crippen LogP) is 1.98. The number of benzene rings is 1. The molecule has 106 valence electrons. The van der Waals surface area contributed by atoms with E-state index in [1.54, 1.807) is 47.4 Å². The molecule has 20 heavy (non-hydrogen) atoms. The highest BCUT2D eigenvalue weighted by atomic mass is 19.4. The fraction of sp³-hybridized carbons (Fsp3) is 0.167. The van der Waals surface area contributed by atoms with Gasteiger partial charge < -0.3 is 4.84 Å². The Morgan fingerprint density at radius 2 is 2.05 bits per heavy atom. The molecule has 2 rings (SSSR count). The van der Waals surface area contributed by atoms with Crippen LogP contribution >= 0.6 is 0 Å². The van der Waals surface area contributed by atoms with Gasteiger partial charge in [-0.25, -0.2) is 9.48 Å². The summed E-state index contributed by atoms with van der Waals surface area (Å²) < 4.78 is 37.4. The minimum absolute atomic E-state index is 0.0716. The molecule has 0 aliphatic rings. The number of rotatable bonds is 4. The molecule has 0 spiro atoms. The van der Waals surface area contributed by atoms with Crippen LogP contribution in [0, 0.1) is 0 Å². The van der Waals surface area contributed by atoms with E-state index in [-0.39, 0.29) is 6.54 Å². The number of alkyl halides is 3. The lowest BCUT2D eigenvalue weighted by Gasteiger charge is -2.11. The van der Waals surface area contributed by atoms with Gasteiger partial charge in [0, 0.05) is 12.4 Å². The minimum atomic E-state index is -5.02. The predicted molar refractivity (Wildman–Crippen MR) is 62.6 cm³/mol. The first-order valence-corrected chi connectivity index (χ1v) is 5.57. The number of carbonyl (C=O) groups excluding carboxylic acids is 1. The first-order valence-electron chi connectivity index (χ1n) is 5.57. The fourth-order valence-corrected chi connectivity index (χ4v) is 1.53. The van der Waals surface area contributed by atoms with E-state index in [1.165, 1.54) is 0 Å². The molecule has 0 bridgehead atoms. The molecule has 1 aromatic carbocycles. The molecule has 0 saturated carbocycles. The molecule has 1 heterocycles. The molecule has 8 heteroatoms. The Labute approximate surface area is 111 Å². The first kappa shape index (κ1) is 14.1. The monoisotopic (exact) mass is 285 g/mol. The normalized spacial score (nSPS) is 11.3. The smallest absolute Gasteiger partial charge is 0.363 e. The topological polar surface area (TPSA) is 56.1 Å². The zero-order valence-electron chi connectivity index (χ0n) is 10.1. The third kappa shape index (κ3) is 3.35.